The van der Waals surface area contributed by atoms with Crippen molar-refractivity contribution >= 4 is 11.6 Å². The fraction of sp³-hybridized carbons (Fsp3) is 1.00. The van der Waals surface area contributed by atoms with E-state index in [0.29, 0.717) is 5.41 Å². The summed E-state index contributed by atoms with van der Waals surface area (Å²) in [6.45, 7) is 2.30. The molecule has 0 aromatic rings. The first-order valence-corrected chi connectivity index (χ1v) is 6.99. The van der Waals surface area contributed by atoms with E-state index in [1.54, 1.807) is 0 Å². The van der Waals surface area contributed by atoms with Crippen molar-refractivity contribution in [3.63, 3.8) is 0 Å². The summed E-state index contributed by atoms with van der Waals surface area (Å²) in [7, 11) is 0. The van der Waals surface area contributed by atoms with Gasteiger partial charge in [0.05, 0.1) is 5.88 Å². The molecule has 0 aromatic carbocycles. The van der Waals surface area contributed by atoms with E-state index in [9.17, 15) is 0 Å². The maximum Gasteiger partial charge on any atom is 0.111 e. The van der Waals surface area contributed by atoms with E-state index in [1.165, 1.54) is 38.5 Å². The number of alkyl halides is 1. The van der Waals surface area contributed by atoms with Crippen LogP contribution in [-0.2, 0) is 0 Å². The molecule has 4 fully saturated rings. The summed E-state index contributed by atoms with van der Waals surface area (Å²) in [4.78, 5) is 0. The van der Waals surface area contributed by atoms with Crippen molar-refractivity contribution < 1.29 is 18.1 Å². The Morgan fingerprint density at radius 1 is 1.12 bits per heavy atom. The fourth-order valence-electron chi connectivity index (χ4n) is 4.99. The quantitative estimate of drug-likeness (QED) is 0.648. The number of quaternary nitrogens is 1. The van der Waals surface area contributed by atoms with Crippen LogP contribution >= 0.6 is 11.6 Å². The minimum Gasteiger partial charge on any atom is -1.00 e. The summed E-state index contributed by atoms with van der Waals surface area (Å²) in [5.41, 5.74) is 5.07. The Kier molecular flexibility index (Phi) is 3.27. The van der Waals surface area contributed by atoms with Gasteiger partial charge in [-0.15, -0.1) is 11.6 Å². The molecule has 0 spiro atoms. The van der Waals surface area contributed by atoms with Crippen LogP contribution in [0.3, 0.4) is 0 Å². The van der Waals surface area contributed by atoms with E-state index in [1.807, 2.05) is 0 Å². The van der Waals surface area contributed by atoms with Gasteiger partial charge in [0.1, 0.15) is 5.54 Å². The van der Waals surface area contributed by atoms with E-state index >= 15 is 0 Å². The molecule has 3 heteroatoms. The van der Waals surface area contributed by atoms with Crippen LogP contribution in [-0.4, -0.2) is 11.4 Å². The average Bonchev–Trinajstić information content (AvgIpc) is 2.15. The van der Waals surface area contributed by atoms with Crippen LogP contribution in [0.1, 0.15) is 45.4 Å². The van der Waals surface area contributed by atoms with Crippen molar-refractivity contribution in [1.82, 2.24) is 0 Å². The lowest BCUT2D eigenvalue weighted by molar-refractivity contribution is -0.503. The Balaban J connectivity index is 0.000000963. The van der Waals surface area contributed by atoms with Crippen molar-refractivity contribution in [3.05, 3.63) is 0 Å². The molecule has 16 heavy (non-hydrogen) atoms. The van der Waals surface area contributed by atoms with Crippen molar-refractivity contribution in [1.29, 1.82) is 0 Å². The monoisotopic (exact) mass is 263 g/mol. The van der Waals surface area contributed by atoms with Gasteiger partial charge in [-0.3, -0.25) is 0 Å². The van der Waals surface area contributed by atoms with Gasteiger partial charge in [-0.25, -0.2) is 0 Å². The first-order chi connectivity index (χ1) is 7.05. The molecule has 3 N–H and O–H groups in total. The Bertz CT molecular complexity index is 240. The molecule has 0 heterocycles. The van der Waals surface area contributed by atoms with Crippen LogP contribution < -0.4 is 18.1 Å². The molecular formula is C13H23Cl2N. The molecule has 4 aliphatic carbocycles. The van der Waals surface area contributed by atoms with Gasteiger partial charge in [0.2, 0.25) is 0 Å². The van der Waals surface area contributed by atoms with Crippen LogP contribution in [0, 0.1) is 23.2 Å². The molecule has 0 radical (unpaired) electrons. The van der Waals surface area contributed by atoms with E-state index in [2.05, 4.69) is 12.7 Å². The standard InChI is InChI=1S/C13H22ClN.ClH/c1-12(15,8-14)13-5-9-2-10(6-13)4-11(3-9)7-13;/h9-11H,2-8,15H2,1H3;1H. The maximum absolute atomic E-state index is 6.17. The molecule has 4 bridgehead atoms. The number of halogens is 2. The van der Waals surface area contributed by atoms with Crippen molar-refractivity contribution in [3.8, 4) is 0 Å². The third kappa shape index (κ3) is 1.71. The largest absolute Gasteiger partial charge is 1.00 e. The van der Waals surface area contributed by atoms with Crippen LogP contribution in [0.4, 0.5) is 0 Å². The third-order valence-corrected chi connectivity index (χ3v) is 6.20. The molecule has 94 valence electrons. The molecule has 1 atom stereocenters. The van der Waals surface area contributed by atoms with Crippen molar-refractivity contribution in [2.45, 2.75) is 51.0 Å². The summed E-state index contributed by atoms with van der Waals surface area (Å²) in [6.07, 6.45) is 8.80. The Hall–Kier alpha value is 0.540. The predicted molar refractivity (Wildman–Crippen MR) is 62.6 cm³/mol. The lowest BCUT2D eigenvalue weighted by Gasteiger charge is -2.60. The van der Waals surface area contributed by atoms with Gasteiger partial charge in [0, 0.05) is 5.41 Å². The van der Waals surface area contributed by atoms with E-state index < -0.39 is 0 Å². The van der Waals surface area contributed by atoms with Crippen LogP contribution in [0.5, 0.6) is 0 Å². The van der Waals surface area contributed by atoms with Gasteiger partial charge in [0.25, 0.3) is 0 Å². The Morgan fingerprint density at radius 3 is 1.81 bits per heavy atom. The van der Waals surface area contributed by atoms with Gasteiger partial charge in [0.15, 0.2) is 0 Å². The van der Waals surface area contributed by atoms with Gasteiger partial charge >= 0.3 is 0 Å². The minimum atomic E-state index is 0. The normalized spacial score (nSPS) is 48.6. The predicted octanol–water partition coefficient (Wildman–Crippen LogP) is -0.554. The number of rotatable bonds is 2. The summed E-state index contributed by atoms with van der Waals surface area (Å²) in [6, 6.07) is 0. The molecular weight excluding hydrogens is 241 g/mol. The topological polar surface area (TPSA) is 27.6 Å². The van der Waals surface area contributed by atoms with Crippen LogP contribution in [0.15, 0.2) is 0 Å². The number of hydrogen-bond donors (Lipinski definition) is 1. The van der Waals surface area contributed by atoms with Gasteiger partial charge < -0.3 is 18.1 Å². The minimum absolute atomic E-state index is 0. The Labute approximate surface area is 110 Å². The SMILES string of the molecule is CC([NH3+])(CCl)C12CC3CC(CC(C3)C1)C2.[Cl-]. The first kappa shape index (κ1) is 13.0. The highest BCUT2D eigenvalue weighted by atomic mass is 35.5. The second kappa shape index (κ2) is 4.03. The van der Waals surface area contributed by atoms with Crippen molar-refractivity contribution in [2.75, 3.05) is 5.88 Å². The zero-order chi connectivity index (χ0) is 10.7. The van der Waals surface area contributed by atoms with Crippen LogP contribution in [0.25, 0.3) is 0 Å². The summed E-state index contributed by atoms with van der Waals surface area (Å²) >= 11 is 6.17. The molecule has 4 rings (SSSR count). The van der Waals surface area contributed by atoms with Crippen LogP contribution in [0.2, 0.25) is 0 Å². The van der Waals surface area contributed by atoms with Crippen molar-refractivity contribution in [2.24, 2.45) is 23.2 Å². The third-order valence-electron chi connectivity index (χ3n) is 5.61. The summed E-state index contributed by atoms with van der Waals surface area (Å²) in [5.74, 6) is 3.78. The Morgan fingerprint density at radius 2 is 1.50 bits per heavy atom. The van der Waals surface area contributed by atoms with Gasteiger partial charge in [-0.1, -0.05) is 0 Å². The first-order valence-electron chi connectivity index (χ1n) is 6.46. The highest BCUT2D eigenvalue weighted by molar-refractivity contribution is 6.18. The fourth-order valence-corrected chi connectivity index (χ4v) is 5.28. The van der Waals surface area contributed by atoms with E-state index in [4.69, 9.17) is 11.6 Å². The average molecular weight is 264 g/mol. The lowest BCUT2D eigenvalue weighted by atomic mass is 9.45. The van der Waals surface area contributed by atoms with E-state index in [-0.39, 0.29) is 17.9 Å². The number of hydrogen-bond acceptors (Lipinski definition) is 0. The molecule has 0 saturated heterocycles. The lowest BCUT2D eigenvalue weighted by Crippen LogP contribution is -3.00. The highest BCUT2D eigenvalue weighted by Gasteiger charge is 2.59. The maximum atomic E-state index is 6.17. The molecule has 0 aliphatic heterocycles. The molecule has 0 amide bonds. The summed E-state index contributed by atoms with van der Waals surface area (Å²) in [5, 5.41) is 0. The molecule has 4 aliphatic rings. The molecule has 1 unspecified atom stereocenters. The molecule has 1 nitrogen and oxygen atoms in total. The second-order valence-corrected chi connectivity index (χ2v) is 7.16. The zero-order valence-electron chi connectivity index (χ0n) is 10.1. The van der Waals surface area contributed by atoms with Gasteiger partial charge in [-0.2, -0.15) is 0 Å². The zero-order valence-corrected chi connectivity index (χ0v) is 11.7. The highest BCUT2D eigenvalue weighted by Crippen LogP contribution is 2.62. The molecule has 4 saturated carbocycles. The van der Waals surface area contributed by atoms with E-state index in [0.717, 1.165) is 23.6 Å². The summed E-state index contributed by atoms with van der Waals surface area (Å²) < 4.78 is 0. The second-order valence-electron chi connectivity index (χ2n) is 6.89. The van der Waals surface area contributed by atoms with Gasteiger partial charge in [-0.05, 0) is 63.2 Å². The molecule has 0 aromatic heterocycles. The smallest absolute Gasteiger partial charge is 0.111 e.